The molecule has 3 saturated carbocycles. The molecular weight excluding hydrogens is 487 g/mol. The van der Waals surface area contributed by atoms with Crippen molar-refractivity contribution >= 4 is 81.4 Å². The van der Waals surface area contributed by atoms with Crippen LogP contribution in [-0.4, -0.2) is 36.8 Å². The fourth-order valence-electron chi connectivity index (χ4n) is 6.45. The second-order valence-corrected chi connectivity index (χ2v) is 12.1. The van der Waals surface area contributed by atoms with Gasteiger partial charge in [0.25, 0.3) is 0 Å². The molecule has 5 aliphatic rings. The first-order valence-corrected chi connectivity index (χ1v) is 12.0. The highest BCUT2D eigenvalue weighted by atomic mass is 35.5. The number of amides is 2. The zero-order valence-electron chi connectivity index (χ0n) is 14.9. The third kappa shape index (κ3) is 2.13. The summed E-state index contributed by atoms with van der Waals surface area (Å²) in [6.07, 6.45) is 5.81. The Morgan fingerprint density at radius 1 is 0.750 bits per heavy atom. The Balaban J connectivity index is 1.52. The second kappa shape index (κ2) is 6.33. The number of rotatable bonds is 1. The summed E-state index contributed by atoms with van der Waals surface area (Å²) in [5, 5.41) is 0.327. The maximum Gasteiger partial charge on any atom is 0.233 e. The van der Waals surface area contributed by atoms with Crippen LogP contribution in [0.4, 0.5) is 0 Å². The van der Waals surface area contributed by atoms with Gasteiger partial charge in [-0.15, -0.1) is 23.2 Å². The summed E-state index contributed by atoms with van der Waals surface area (Å²) < 4.78 is -1.61. The molecule has 0 aromatic rings. The van der Waals surface area contributed by atoms with Crippen LogP contribution >= 0.6 is 69.6 Å². The maximum atomic E-state index is 13.2. The first kappa shape index (κ1) is 20.5. The van der Waals surface area contributed by atoms with Crippen molar-refractivity contribution in [2.24, 2.45) is 23.7 Å². The van der Waals surface area contributed by atoms with Crippen molar-refractivity contribution in [3.8, 4) is 0 Å². The lowest BCUT2D eigenvalue weighted by atomic mass is 9.65. The van der Waals surface area contributed by atoms with E-state index >= 15 is 0 Å². The van der Waals surface area contributed by atoms with Gasteiger partial charge in [-0.1, -0.05) is 65.7 Å². The molecule has 9 heteroatoms. The summed E-state index contributed by atoms with van der Waals surface area (Å²) in [6.45, 7) is 0. The molecule has 0 unspecified atom stereocenters. The summed E-state index contributed by atoms with van der Waals surface area (Å²) in [6, 6.07) is 0.0104. The smallest absolute Gasteiger partial charge is 0.233 e. The van der Waals surface area contributed by atoms with E-state index < -0.39 is 25.9 Å². The third-order valence-electron chi connectivity index (χ3n) is 7.80. The van der Waals surface area contributed by atoms with E-state index in [2.05, 4.69) is 0 Å². The fraction of sp³-hybridized carbons (Fsp3) is 0.789. The van der Waals surface area contributed by atoms with Gasteiger partial charge in [0.15, 0.2) is 4.33 Å². The Bertz CT molecular complexity index is 754. The Morgan fingerprint density at radius 2 is 1.18 bits per heavy atom. The van der Waals surface area contributed by atoms with Gasteiger partial charge in [-0.05, 0) is 37.5 Å². The molecule has 1 saturated heterocycles. The number of halogens is 6. The van der Waals surface area contributed by atoms with Crippen LogP contribution < -0.4 is 0 Å². The topological polar surface area (TPSA) is 37.4 Å². The fourth-order valence-corrected chi connectivity index (χ4v) is 9.55. The molecule has 0 aromatic carbocycles. The zero-order chi connectivity index (χ0) is 20.2. The number of hydrogen-bond acceptors (Lipinski definition) is 2. The van der Waals surface area contributed by atoms with Gasteiger partial charge in [0.05, 0.1) is 21.9 Å². The lowest BCUT2D eigenvalue weighted by Crippen LogP contribution is -2.45. The summed E-state index contributed by atoms with van der Waals surface area (Å²) in [4.78, 5) is 25.3. The second-order valence-electron chi connectivity index (χ2n) is 8.86. The number of carbonyl (C=O) groups is 2. The van der Waals surface area contributed by atoms with Crippen LogP contribution in [0.1, 0.15) is 44.9 Å². The van der Waals surface area contributed by atoms with Crippen LogP contribution in [0.2, 0.25) is 0 Å². The highest BCUT2D eigenvalue weighted by Crippen LogP contribution is 2.79. The normalized spacial score (nSPS) is 47.7. The minimum atomic E-state index is -1.61. The highest BCUT2D eigenvalue weighted by molar-refractivity contribution is 6.65. The van der Waals surface area contributed by atoms with Crippen molar-refractivity contribution in [1.82, 2.24) is 4.90 Å². The number of allylic oxidation sites excluding steroid dienone is 2. The van der Waals surface area contributed by atoms with E-state index in [0.29, 0.717) is 12.8 Å². The van der Waals surface area contributed by atoms with Crippen LogP contribution in [-0.2, 0) is 9.59 Å². The van der Waals surface area contributed by atoms with E-state index in [1.807, 2.05) is 0 Å². The average Bonchev–Trinajstić information content (AvgIpc) is 3.04. The standard InChI is InChI=1S/C19H19Cl6NO2/c20-13-14(21)18(23)12-7-10-9(6-11(12)17(13,22)19(18,24)25)15(27)26(16(10)28)8-4-2-1-3-5-8/h8-12H,1-7H2/t9-,10-,11+,12+,17-,18-/m0/s1. The third-order valence-corrected chi connectivity index (χ3v) is 12.2. The van der Waals surface area contributed by atoms with Crippen molar-refractivity contribution < 1.29 is 9.59 Å². The molecule has 0 aromatic heterocycles. The lowest BCUT2D eigenvalue weighted by Gasteiger charge is -2.42. The molecule has 0 N–H and O–H groups in total. The van der Waals surface area contributed by atoms with Gasteiger partial charge in [0.1, 0.15) is 9.75 Å². The molecule has 3 nitrogen and oxygen atoms in total. The molecule has 4 aliphatic carbocycles. The Morgan fingerprint density at radius 3 is 1.61 bits per heavy atom. The largest absolute Gasteiger partial charge is 0.279 e. The van der Waals surface area contributed by atoms with Crippen molar-refractivity contribution in [2.45, 2.75) is 65.1 Å². The van der Waals surface area contributed by atoms with Crippen molar-refractivity contribution in [3.63, 3.8) is 0 Å². The summed E-state index contributed by atoms with van der Waals surface area (Å²) in [5.41, 5.74) is 0. The Kier molecular flexibility index (Phi) is 4.64. The van der Waals surface area contributed by atoms with E-state index in [1.165, 1.54) is 4.90 Å². The van der Waals surface area contributed by atoms with E-state index in [-0.39, 0.29) is 39.8 Å². The number of nitrogens with zero attached hydrogens (tertiary/aromatic N) is 1. The molecule has 28 heavy (non-hydrogen) atoms. The predicted octanol–water partition coefficient (Wildman–Crippen LogP) is 5.79. The number of carbonyl (C=O) groups excluding carboxylic acids is 2. The van der Waals surface area contributed by atoms with Gasteiger partial charge in [-0.25, -0.2) is 0 Å². The maximum absolute atomic E-state index is 13.2. The molecule has 2 amide bonds. The number of hydrogen-bond donors (Lipinski definition) is 0. The van der Waals surface area contributed by atoms with E-state index in [1.54, 1.807) is 0 Å². The number of imide groups is 1. The van der Waals surface area contributed by atoms with Gasteiger partial charge in [-0.3, -0.25) is 14.5 Å². The minimum Gasteiger partial charge on any atom is -0.279 e. The number of fused-ring (bicyclic) bond motifs is 6. The molecule has 0 spiro atoms. The first-order chi connectivity index (χ1) is 13.1. The van der Waals surface area contributed by atoms with E-state index in [0.717, 1.165) is 32.1 Å². The summed E-state index contributed by atoms with van der Waals surface area (Å²) in [5.74, 6) is -1.65. The van der Waals surface area contributed by atoms with Crippen LogP contribution in [0.25, 0.3) is 0 Å². The molecule has 1 heterocycles. The zero-order valence-corrected chi connectivity index (χ0v) is 19.4. The molecule has 154 valence electrons. The number of alkyl halides is 4. The summed E-state index contributed by atoms with van der Waals surface area (Å²) in [7, 11) is 0. The van der Waals surface area contributed by atoms with Crippen molar-refractivity contribution in [1.29, 1.82) is 0 Å². The van der Waals surface area contributed by atoms with Gasteiger partial charge >= 0.3 is 0 Å². The van der Waals surface area contributed by atoms with Crippen LogP contribution in [0.5, 0.6) is 0 Å². The van der Waals surface area contributed by atoms with Gasteiger partial charge in [0.2, 0.25) is 11.8 Å². The van der Waals surface area contributed by atoms with Crippen molar-refractivity contribution in [3.05, 3.63) is 10.1 Å². The Labute approximate surface area is 193 Å². The summed E-state index contributed by atoms with van der Waals surface area (Å²) >= 11 is 40.1. The van der Waals surface area contributed by atoms with Crippen molar-refractivity contribution in [2.75, 3.05) is 0 Å². The molecule has 2 bridgehead atoms. The van der Waals surface area contributed by atoms with E-state index in [9.17, 15) is 9.59 Å². The predicted molar refractivity (Wildman–Crippen MR) is 112 cm³/mol. The molecule has 6 atom stereocenters. The Hall–Kier alpha value is 0.620. The molecule has 0 radical (unpaired) electrons. The van der Waals surface area contributed by atoms with Gasteiger partial charge < -0.3 is 0 Å². The minimum absolute atomic E-state index is 0.0104. The van der Waals surface area contributed by atoms with Gasteiger partial charge in [-0.2, -0.15) is 0 Å². The SMILES string of the molecule is O=C1[C@H]2C[C@@H]3[C@@H](C[C@@H]2C(=O)N1C1CCCCC1)[C@]1(Cl)C(Cl)=C(Cl)[C@]3(Cl)C1(Cl)Cl. The average molecular weight is 506 g/mol. The van der Waals surface area contributed by atoms with Gasteiger partial charge in [0, 0.05) is 6.04 Å². The van der Waals surface area contributed by atoms with E-state index in [4.69, 9.17) is 69.6 Å². The molecule has 1 aliphatic heterocycles. The molecule has 5 rings (SSSR count). The molecular formula is C19H19Cl6NO2. The quantitative estimate of drug-likeness (QED) is 0.334. The van der Waals surface area contributed by atoms with Crippen LogP contribution in [0, 0.1) is 23.7 Å². The molecule has 4 fully saturated rings. The number of likely N-dealkylation sites (tertiary alicyclic amines) is 1. The first-order valence-electron chi connectivity index (χ1n) is 9.77. The van der Waals surface area contributed by atoms with Crippen LogP contribution in [0.15, 0.2) is 10.1 Å². The lowest BCUT2D eigenvalue weighted by molar-refractivity contribution is -0.143. The highest BCUT2D eigenvalue weighted by Gasteiger charge is 2.83. The van der Waals surface area contributed by atoms with Crippen LogP contribution in [0.3, 0.4) is 0 Å². The monoisotopic (exact) mass is 503 g/mol.